The number of aryl methyl sites for hydroxylation is 1. The van der Waals surface area contributed by atoms with Gasteiger partial charge in [0.25, 0.3) is 0 Å². The molecule has 3 aromatic rings. The first-order chi connectivity index (χ1) is 12.5. The number of hydrogen-bond donors (Lipinski definition) is 0. The maximum absolute atomic E-state index is 13.0. The van der Waals surface area contributed by atoms with Crippen molar-refractivity contribution in [3.05, 3.63) is 53.1 Å². The van der Waals surface area contributed by atoms with Crippen LogP contribution < -0.4 is 10.6 Å². The quantitative estimate of drug-likeness (QED) is 0.693. The second-order valence-corrected chi connectivity index (χ2v) is 6.40. The van der Waals surface area contributed by atoms with Gasteiger partial charge < -0.3 is 4.90 Å². The smallest absolute Gasteiger partial charge is 0.301 e. The predicted octanol–water partition coefficient (Wildman–Crippen LogP) is 1.17. The van der Waals surface area contributed by atoms with Crippen LogP contribution in [0.15, 0.2) is 47.4 Å². The number of rotatable bonds is 2. The monoisotopic (exact) mass is 350 g/mol. The van der Waals surface area contributed by atoms with Crippen molar-refractivity contribution in [2.45, 2.75) is 0 Å². The molecule has 0 radical (unpaired) electrons. The number of anilines is 2. The lowest BCUT2D eigenvalue weighted by Gasteiger charge is -2.24. The molecule has 132 valence electrons. The molecule has 0 saturated carbocycles. The zero-order chi connectivity index (χ0) is 18.4. The van der Waals surface area contributed by atoms with Gasteiger partial charge in [-0.1, -0.05) is 12.1 Å². The van der Waals surface area contributed by atoms with Gasteiger partial charge >= 0.3 is 5.69 Å². The van der Waals surface area contributed by atoms with E-state index in [1.165, 1.54) is 9.25 Å². The summed E-state index contributed by atoms with van der Waals surface area (Å²) in [6.45, 7) is 0.213. The topological polar surface area (TPSA) is 76.3 Å². The van der Waals surface area contributed by atoms with Gasteiger partial charge in [0, 0.05) is 13.2 Å². The van der Waals surface area contributed by atoms with E-state index in [4.69, 9.17) is 0 Å². The highest BCUT2D eigenvalue weighted by molar-refractivity contribution is 6.06. The first kappa shape index (κ1) is 16.2. The molecule has 0 spiro atoms. The highest BCUT2D eigenvalue weighted by atomic mass is 16.2. The van der Waals surface area contributed by atoms with Crippen molar-refractivity contribution in [3.8, 4) is 17.1 Å². The molecule has 3 heterocycles. The molecule has 0 fully saturated rings. The Labute approximate surface area is 149 Å². The minimum absolute atomic E-state index is 0.134. The van der Waals surface area contributed by atoms with Crippen LogP contribution in [-0.2, 0) is 11.8 Å². The Morgan fingerprint density at radius 2 is 1.85 bits per heavy atom. The SMILES string of the molecule is CN(C)CC(=O)N1c2ccccc2-n2c(nn(C)c2=O)-c2cccnc21. The predicted molar refractivity (Wildman–Crippen MR) is 97.7 cm³/mol. The van der Waals surface area contributed by atoms with Crippen LogP contribution in [-0.4, -0.2) is 50.8 Å². The number of aromatic nitrogens is 4. The third kappa shape index (κ3) is 2.34. The van der Waals surface area contributed by atoms with Crippen LogP contribution in [0.3, 0.4) is 0 Å². The lowest BCUT2D eigenvalue weighted by molar-refractivity contribution is -0.118. The molecule has 8 nitrogen and oxygen atoms in total. The third-order valence-corrected chi connectivity index (χ3v) is 4.23. The second kappa shape index (κ2) is 5.92. The summed E-state index contributed by atoms with van der Waals surface area (Å²) in [6.07, 6.45) is 1.63. The number of likely N-dealkylation sites (N-methyl/N-ethyl adjacent to an activating group) is 1. The fourth-order valence-corrected chi connectivity index (χ4v) is 3.16. The normalized spacial score (nSPS) is 12.4. The average molecular weight is 350 g/mol. The molecule has 0 atom stereocenters. The molecule has 0 aliphatic carbocycles. The Bertz CT molecular complexity index is 1070. The van der Waals surface area contributed by atoms with Crippen LogP contribution in [0.2, 0.25) is 0 Å². The molecule has 1 aliphatic rings. The minimum Gasteiger partial charge on any atom is -0.301 e. The Morgan fingerprint density at radius 1 is 1.12 bits per heavy atom. The van der Waals surface area contributed by atoms with Crippen LogP contribution in [0.25, 0.3) is 17.1 Å². The van der Waals surface area contributed by atoms with E-state index in [0.717, 1.165) is 0 Å². The van der Waals surface area contributed by atoms with Crippen LogP contribution in [0.5, 0.6) is 0 Å². The highest BCUT2D eigenvalue weighted by Gasteiger charge is 2.32. The van der Waals surface area contributed by atoms with Gasteiger partial charge in [-0.2, -0.15) is 0 Å². The number of fused-ring (bicyclic) bond motifs is 5. The van der Waals surface area contributed by atoms with E-state index in [1.807, 2.05) is 44.4 Å². The summed E-state index contributed by atoms with van der Waals surface area (Å²) in [5.41, 5.74) is 1.57. The molecule has 1 amide bonds. The Balaban J connectivity index is 2.09. The number of amides is 1. The number of nitrogens with zero attached hydrogens (tertiary/aromatic N) is 6. The van der Waals surface area contributed by atoms with Crippen molar-refractivity contribution in [2.75, 3.05) is 25.5 Å². The van der Waals surface area contributed by atoms with E-state index in [2.05, 4.69) is 10.1 Å². The molecule has 0 saturated heterocycles. The maximum atomic E-state index is 13.0. The summed E-state index contributed by atoms with van der Waals surface area (Å²) in [6, 6.07) is 10.9. The molecule has 1 aliphatic heterocycles. The van der Waals surface area contributed by atoms with Gasteiger partial charge in [-0.15, -0.1) is 5.10 Å². The van der Waals surface area contributed by atoms with Crippen molar-refractivity contribution in [3.63, 3.8) is 0 Å². The second-order valence-electron chi connectivity index (χ2n) is 6.40. The summed E-state index contributed by atoms with van der Waals surface area (Å²) in [5.74, 6) is 0.800. The standard InChI is InChI=1S/C18H18N6O2/c1-21(2)11-15(25)23-13-8-4-5-9-14(13)24-17(20-22(3)18(24)26)12-7-6-10-19-16(12)23/h4-10H,11H2,1-3H3. The van der Waals surface area contributed by atoms with E-state index < -0.39 is 0 Å². The van der Waals surface area contributed by atoms with Crippen molar-refractivity contribution >= 4 is 17.4 Å². The van der Waals surface area contributed by atoms with Crippen LogP contribution >= 0.6 is 0 Å². The summed E-state index contributed by atoms with van der Waals surface area (Å²) in [7, 11) is 5.28. The van der Waals surface area contributed by atoms with E-state index in [1.54, 1.807) is 29.1 Å². The van der Waals surface area contributed by atoms with Crippen LogP contribution in [0.1, 0.15) is 0 Å². The van der Waals surface area contributed by atoms with E-state index in [-0.39, 0.29) is 18.1 Å². The molecule has 4 rings (SSSR count). The van der Waals surface area contributed by atoms with E-state index >= 15 is 0 Å². The van der Waals surface area contributed by atoms with Crippen LogP contribution in [0, 0.1) is 0 Å². The van der Waals surface area contributed by atoms with E-state index in [9.17, 15) is 9.59 Å². The Hall–Kier alpha value is -3.26. The minimum atomic E-state index is -0.274. The van der Waals surface area contributed by atoms with Gasteiger partial charge in [-0.25, -0.2) is 19.0 Å². The molecule has 0 N–H and O–H groups in total. The Kier molecular flexibility index (Phi) is 3.69. The number of benzene rings is 1. The van der Waals surface area contributed by atoms with Crippen LogP contribution in [0.4, 0.5) is 11.5 Å². The van der Waals surface area contributed by atoms with Gasteiger partial charge in [-0.3, -0.25) is 9.69 Å². The first-order valence-corrected chi connectivity index (χ1v) is 8.17. The summed E-state index contributed by atoms with van der Waals surface area (Å²) >= 11 is 0. The summed E-state index contributed by atoms with van der Waals surface area (Å²) in [4.78, 5) is 33.6. The summed E-state index contributed by atoms with van der Waals surface area (Å²) in [5, 5.41) is 4.38. The molecule has 0 bridgehead atoms. The molecule has 26 heavy (non-hydrogen) atoms. The molecule has 1 aromatic carbocycles. The lowest BCUT2D eigenvalue weighted by Crippen LogP contribution is -2.35. The average Bonchev–Trinajstić information content (AvgIpc) is 2.83. The first-order valence-electron chi connectivity index (χ1n) is 8.17. The van der Waals surface area contributed by atoms with Crippen molar-refractivity contribution in [1.82, 2.24) is 24.2 Å². The molecule has 2 aromatic heterocycles. The molecule has 8 heteroatoms. The largest absolute Gasteiger partial charge is 0.350 e. The van der Waals surface area contributed by atoms with Gasteiger partial charge in [-0.05, 0) is 38.4 Å². The maximum Gasteiger partial charge on any atom is 0.350 e. The van der Waals surface area contributed by atoms with E-state index in [0.29, 0.717) is 28.6 Å². The molecule has 0 unspecified atom stereocenters. The fourth-order valence-electron chi connectivity index (χ4n) is 3.16. The molecular formula is C18H18N6O2. The number of pyridine rings is 1. The van der Waals surface area contributed by atoms with Crippen molar-refractivity contribution < 1.29 is 4.79 Å². The molecular weight excluding hydrogens is 332 g/mol. The third-order valence-electron chi connectivity index (χ3n) is 4.23. The lowest BCUT2D eigenvalue weighted by atomic mass is 10.2. The van der Waals surface area contributed by atoms with Gasteiger partial charge in [0.1, 0.15) is 0 Å². The Morgan fingerprint density at radius 3 is 2.58 bits per heavy atom. The number of carbonyl (C=O) groups excluding carboxylic acids is 1. The number of para-hydroxylation sites is 2. The van der Waals surface area contributed by atoms with Gasteiger partial charge in [0.05, 0.1) is 23.5 Å². The van der Waals surface area contributed by atoms with Gasteiger partial charge in [0.2, 0.25) is 5.91 Å². The summed E-state index contributed by atoms with van der Waals surface area (Å²) < 4.78 is 2.82. The fraction of sp³-hybridized carbons (Fsp3) is 0.222. The van der Waals surface area contributed by atoms with Crippen molar-refractivity contribution in [2.24, 2.45) is 7.05 Å². The highest BCUT2D eigenvalue weighted by Crippen LogP contribution is 2.39. The zero-order valence-corrected chi connectivity index (χ0v) is 14.7. The van der Waals surface area contributed by atoms with Crippen molar-refractivity contribution in [1.29, 1.82) is 0 Å². The van der Waals surface area contributed by atoms with Gasteiger partial charge in [0.15, 0.2) is 11.6 Å². The number of carbonyl (C=O) groups is 1. The number of hydrogen-bond acceptors (Lipinski definition) is 5. The zero-order valence-electron chi connectivity index (χ0n) is 14.7.